The summed E-state index contributed by atoms with van der Waals surface area (Å²) >= 11 is 3.31. The molecule has 0 bridgehead atoms. The van der Waals surface area contributed by atoms with Gasteiger partial charge in [0.2, 0.25) is 5.91 Å². The van der Waals surface area contributed by atoms with E-state index in [4.69, 9.17) is 5.26 Å². The van der Waals surface area contributed by atoms with Gasteiger partial charge in [0.05, 0.1) is 18.2 Å². The first kappa shape index (κ1) is 10.5. The number of thiophene rings is 1. The first-order chi connectivity index (χ1) is 7.33. The van der Waals surface area contributed by atoms with E-state index in [1.807, 2.05) is 17.5 Å². The van der Waals surface area contributed by atoms with Crippen LogP contribution in [0.2, 0.25) is 0 Å². The van der Waals surface area contributed by atoms with Crippen molar-refractivity contribution in [2.75, 3.05) is 12.3 Å². The van der Waals surface area contributed by atoms with Crippen molar-refractivity contribution in [3.8, 4) is 6.07 Å². The fraction of sp³-hybridized carbons (Fsp3) is 0.400. The van der Waals surface area contributed by atoms with Crippen LogP contribution in [-0.4, -0.2) is 23.1 Å². The molecule has 1 aliphatic heterocycles. The van der Waals surface area contributed by atoms with Gasteiger partial charge in [-0.2, -0.15) is 5.26 Å². The molecule has 1 aromatic rings. The summed E-state index contributed by atoms with van der Waals surface area (Å²) in [5.41, 5.74) is 0. The second-order valence-corrected chi connectivity index (χ2v) is 5.22. The van der Waals surface area contributed by atoms with Gasteiger partial charge in [0.15, 0.2) is 0 Å². The molecular weight excluding hydrogens is 228 g/mol. The zero-order chi connectivity index (χ0) is 10.7. The summed E-state index contributed by atoms with van der Waals surface area (Å²) in [6, 6.07) is 6.12. The number of carbonyl (C=O) groups is 1. The summed E-state index contributed by atoms with van der Waals surface area (Å²) in [4.78, 5) is 14.6. The van der Waals surface area contributed by atoms with Gasteiger partial charge in [-0.3, -0.25) is 4.79 Å². The monoisotopic (exact) mass is 238 g/mol. The topological polar surface area (TPSA) is 44.1 Å². The highest BCUT2D eigenvalue weighted by Crippen LogP contribution is 2.40. The second-order valence-electron chi connectivity index (χ2n) is 3.17. The highest BCUT2D eigenvalue weighted by atomic mass is 32.2. The zero-order valence-corrected chi connectivity index (χ0v) is 9.68. The van der Waals surface area contributed by atoms with Crippen molar-refractivity contribution in [1.29, 1.82) is 5.26 Å². The molecule has 1 aliphatic rings. The predicted octanol–water partition coefficient (Wildman–Crippen LogP) is 2.24. The van der Waals surface area contributed by atoms with Gasteiger partial charge in [-0.05, 0) is 11.4 Å². The zero-order valence-electron chi connectivity index (χ0n) is 8.05. The molecule has 0 spiro atoms. The first-order valence-corrected chi connectivity index (χ1v) is 6.57. The SMILES string of the molecule is N#CCCN1C(=O)CSC1c1cccs1. The fourth-order valence-corrected chi connectivity index (χ4v) is 3.73. The van der Waals surface area contributed by atoms with Crippen LogP contribution >= 0.6 is 23.1 Å². The van der Waals surface area contributed by atoms with E-state index < -0.39 is 0 Å². The number of thioether (sulfide) groups is 1. The number of nitrogens with zero attached hydrogens (tertiary/aromatic N) is 2. The molecule has 1 unspecified atom stereocenters. The van der Waals surface area contributed by atoms with Crippen molar-refractivity contribution in [2.45, 2.75) is 11.8 Å². The molecule has 15 heavy (non-hydrogen) atoms. The van der Waals surface area contributed by atoms with Crippen LogP contribution in [0.1, 0.15) is 16.7 Å². The lowest BCUT2D eigenvalue weighted by atomic mass is 10.3. The van der Waals surface area contributed by atoms with E-state index in [0.717, 1.165) is 0 Å². The Morgan fingerprint density at radius 1 is 1.67 bits per heavy atom. The highest BCUT2D eigenvalue weighted by Gasteiger charge is 2.32. The molecule has 0 N–H and O–H groups in total. The Balaban J connectivity index is 2.11. The quantitative estimate of drug-likeness (QED) is 0.811. The molecule has 5 heteroatoms. The molecule has 1 atom stereocenters. The summed E-state index contributed by atoms with van der Waals surface area (Å²) in [6.45, 7) is 0.547. The number of hydrogen-bond donors (Lipinski definition) is 0. The van der Waals surface area contributed by atoms with E-state index in [2.05, 4.69) is 6.07 Å². The highest BCUT2D eigenvalue weighted by molar-refractivity contribution is 8.00. The fourth-order valence-electron chi connectivity index (χ4n) is 1.53. The van der Waals surface area contributed by atoms with Gasteiger partial charge in [-0.25, -0.2) is 0 Å². The summed E-state index contributed by atoms with van der Waals surface area (Å²) in [7, 11) is 0. The Morgan fingerprint density at radius 2 is 2.53 bits per heavy atom. The minimum Gasteiger partial charge on any atom is -0.324 e. The molecule has 78 valence electrons. The molecule has 0 radical (unpaired) electrons. The van der Waals surface area contributed by atoms with E-state index in [1.165, 1.54) is 4.88 Å². The van der Waals surface area contributed by atoms with E-state index >= 15 is 0 Å². The molecule has 3 nitrogen and oxygen atoms in total. The summed E-state index contributed by atoms with van der Waals surface area (Å²) in [5.74, 6) is 0.683. The largest absolute Gasteiger partial charge is 0.324 e. The van der Waals surface area contributed by atoms with Crippen molar-refractivity contribution < 1.29 is 4.79 Å². The van der Waals surface area contributed by atoms with Gasteiger partial charge in [-0.1, -0.05) is 6.07 Å². The van der Waals surface area contributed by atoms with Crippen LogP contribution in [0.4, 0.5) is 0 Å². The van der Waals surface area contributed by atoms with Crippen LogP contribution in [0.15, 0.2) is 17.5 Å². The van der Waals surface area contributed by atoms with Gasteiger partial charge >= 0.3 is 0 Å². The Kier molecular flexibility index (Phi) is 3.29. The van der Waals surface area contributed by atoms with E-state index in [-0.39, 0.29) is 11.3 Å². The third-order valence-electron chi connectivity index (χ3n) is 2.22. The van der Waals surface area contributed by atoms with E-state index in [9.17, 15) is 4.79 Å². The molecule has 1 saturated heterocycles. The Bertz CT molecular complexity index is 383. The lowest BCUT2D eigenvalue weighted by molar-refractivity contribution is -0.127. The van der Waals surface area contributed by atoms with E-state index in [1.54, 1.807) is 28.0 Å². The summed E-state index contributed by atoms with van der Waals surface area (Å²) < 4.78 is 0. The van der Waals surface area contributed by atoms with Crippen LogP contribution in [-0.2, 0) is 4.79 Å². The lowest BCUT2D eigenvalue weighted by Gasteiger charge is -2.21. The van der Waals surface area contributed by atoms with Gasteiger partial charge in [-0.15, -0.1) is 23.1 Å². The van der Waals surface area contributed by atoms with Gasteiger partial charge in [0, 0.05) is 11.4 Å². The summed E-state index contributed by atoms with van der Waals surface area (Å²) in [5, 5.41) is 10.7. The van der Waals surface area contributed by atoms with Crippen molar-refractivity contribution in [1.82, 2.24) is 4.90 Å². The van der Waals surface area contributed by atoms with Crippen molar-refractivity contribution in [2.24, 2.45) is 0 Å². The molecular formula is C10H10N2OS2. The smallest absolute Gasteiger partial charge is 0.233 e. The van der Waals surface area contributed by atoms with E-state index in [0.29, 0.717) is 18.7 Å². The molecule has 0 saturated carbocycles. The van der Waals surface area contributed by atoms with Crippen molar-refractivity contribution in [3.05, 3.63) is 22.4 Å². The van der Waals surface area contributed by atoms with Crippen LogP contribution in [0, 0.1) is 11.3 Å². The minimum atomic E-state index is 0.130. The van der Waals surface area contributed by atoms with Crippen LogP contribution in [0.3, 0.4) is 0 Å². The molecule has 0 aliphatic carbocycles. The van der Waals surface area contributed by atoms with Crippen LogP contribution < -0.4 is 0 Å². The standard InChI is InChI=1S/C10H10N2OS2/c11-4-2-5-12-9(13)7-15-10(12)8-3-1-6-14-8/h1,3,6,10H,2,5,7H2. The Morgan fingerprint density at radius 3 is 3.20 bits per heavy atom. The number of carbonyl (C=O) groups excluding carboxylic acids is 1. The second kappa shape index (κ2) is 4.69. The van der Waals surface area contributed by atoms with Gasteiger partial charge in [0.1, 0.15) is 5.37 Å². The summed E-state index contributed by atoms with van der Waals surface area (Å²) in [6.07, 6.45) is 0.411. The number of hydrogen-bond acceptors (Lipinski definition) is 4. The maximum absolute atomic E-state index is 11.6. The van der Waals surface area contributed by atoms with Gasteiger partial charge < -0.3 is 4.90 Å². The normalized spacial score (nSPS) is 20.6. The number of nitriles is 1. The molecule has 1 aromatic heterocycles. The molecule has 1 fully saturated rings. The first-order valence-electron chi connectivity index (χ1n) is 4.64. The van der Waals surface area contributed by atoms with Crippen molar-refractivity contribution in [3.63, 3.8) is 0 Å². The third-order valence-corrected chi connectivity index (χ3v) is 4.53. The molecule has 2 rings (SSSR count). The Labute approximate surface area is 96.7 Å². The third kappa shape index (κ3) is 2.16. The van der Waals surface area contributed by atoms with Crippen molar-refractivity contribution >= 4 is 29.0 Å². The molecule has 1 amide bonds. The maximum atomic E-state index is 11.6. The minimum absolute atomic E-state index is 0.130. The van der Waals surface area contributed by atoms with Crippen LogP contribution in [0.25, 0.3) is 0 Å². The average Bonchev–Trinajstić information content (AvgIpc) is 2.84. The Hall–Kier alpha value is -0.990. The predicted molar refractivity (Wildman–Crippen MR) is 61.5 cm³/mol. The number of amides is 1. The van der Waals surface area contributed by atoms with Crippen LogP contribution in [0.5, 0.6) is 0 Å². The van der Waals surface area contributed by atoms with Gasteiger partial charge in [0.25, 0.3) is 0 Å². The molecule has 2 heterocycles. The average molecular weight is 238 g/mol. The maximum Gasteiger partial charge on any atom is 0.233 e. The molecule has 0 aromatic carbocycles. The number of rotatable bonds is 3. The lowest BCUT2D eigenvalue weighted by Crippen LogP contribution is -2.28.